The second-order valence-electron chi connectivity index (χ2n) is 16.2. The molecule has 0 radical (unpaired) electrons. The number of aliphatic imine (C=N–C) groups is 1. The van der Waals surface area contributed by atoms with Crippen molar-refractivity contribution in [1.82, 2.24) is 9.97 Å². The summed E-state index contributed by atoms with van der Waals surface area (Å²) in [5.74, 6) is 0. The number of aromatic nitrogens is 2. The van der Waals surface area contributed by atoms with Crippen LogP contribution in [0.25, 0.3) is 77.1 Å². The van der Waals surface area contributed by atoms with Gasteiger partial charge in [-0.25, -0.2) is 4.98 Å². The van der Waals surface area contributed by atoms with E-state index in [9.17, 15) is 5.11 Å². The fourth-order valence-electron chi connectivity index (χ4n) is 9.07. The molecule has 2 aliphatic heterocycles. The minimum atomic E-state index is -1.07. The largest absolute Gasteiger partial charge is 0.368 e. The Morgan fingerprint density at radius 2 is 0.948 bits per heavy atom. The Hall–Kier alpha value is -6.14. The normalized spacial score (nSPS) is 13.6. The SMILES string of the molecule is Cc1ccc(-c2c3nc(c(-c4c(C)cc(C)cc4C)c4cc(c(-c5c(C)cc(C)cc5C)c5ccc([nH]5)c(-c5ccc(C)cc5)c5ccc2s5)C(O)N=C4)C=C3)cc1. The topological polar surface area (TPSA) is 61.3 Å². The highest BCUT2D eigenvalue weighted by molar-refractivity contribution is 7.24. The highest BCUT2D eigenvalue weighted by Gasteiger charge is 2.24. The van der Waals surface area contributed by atoms with E-state index in [0.29, 0.717) is 0 Å². The van der Waals surface area contributed by atoms with E-state index in [-0.39, 0.29) is 0 Å². The Morgan fingerprint density at radius 1 is 0.483 bits per heavy atom. The molecule has 4 nitrogen and oxygen atoms in total. The Kier molecular flexibility index (Phi) is 9.46. The monoisotopic (exact) mass is 773 g/mol. The molecule has 2 N–H and O–H groups in total. The number of thiophene rings is 1. The number of aliphatic hydroxyl groups is 1. The number of H-pyrrole nitrogens is 1. The van der Waals surface area contributed by atoms with Gasteiger partial charge in [0, 0.05) is 60.0 Å². The van der Waals surface area contributed by atoms with Crippen molar-refractivity contribution in [3.8, 4) is 44.5 Å². The number of aliphatic hydroxyl groups excluding tert-OH is 1. The van der Waals surface area contributed by atoms with Gasteiger partial charge in [-0.1, -0.05) is 95.1 Å². The van der Waals surface area contributed by atoms with Gasteiger partial charge in [-0.05, 0) is 142 Å². The number of hydrogen-bond donors (Lipinski definition) is 2. The molecule has 0 saturated carbocycles. The molecule has 0 aliphatic carbocycles. The molecule has 4 aromatic carbocycles. The van der Waals surface area contributed by atoms with Crippen LogP contribution in [-0.2, 0) is 0 Å². The lowest BCUT2D eigenvalue weighted by Gasteiger charge is -2.21. The van der Waals surface area contributed by atoms with Gasteiger partial charge in [0.25, 0.3) is 0 Å². The number of aryl methyl sites for hydroxylation is 8. The maximum atomic E-state index is 12.0. The van der Waals surface area contributed by atoms with E-state index in [1.54, 1.807) is 11.3 Å². The van der Waals surface area contributed by atoms with Gasteiger partial charge in [-0.2, -0.15) is 0 Å². The van der Waals surface area contributed by atoms with E-state index in [0.717, 1.165) is 98.6 Å². The Labute approximate surface area is 345 Å². The lowest BCUT2D eigenvalue weighted by atomic mass is 9.87. The van der Waals surface area contributed by atoms with Gasteiger partial charge in [0.2, 0.25) is 0 Å². The lowest BCUT2D eigenvalue weighted by Crippen LogP contribution is -2.06. The second-order valence-corrected chi connectivity index (χ2v) is 17.2. The van der Waals surface area contributed by atoms with Crippen molar-refractivity contribution in [1.29, 1.82) is 0 Å². The molecule has 0 fully saturated rings. The number of hydrogen-bond acceptors (Lipinski definition) is 4. The Morgan fingerprint density at radius 3 is 1.50 bits per heavy atom. The summed E-state index contributed by atoms with van der Waals surface area (Å²) in [7, 11) is 0. The molecule has 5 heteroatoms. The van der Waals surface area contributed by atoms with Gasteiger partial charge in [0.15, 0.2) is 6.23 Å². The van der Waals surface area contributed by atoms with Gasteiger partial charge >= 0.3 is 0 Å². The summed E-state index contributed by atoms with van der Waals surface area (Å²) in [4.78, 5) is 14.3. The first-order valence-corrected chi connectivity index (χ1v) is 20.8. The fourth-order valence-corrected chi connectivity index (χ4v) is 10.2. The maximum Gasteiger partial charge on any atom is 0.171 e. The third-order valence-electron chi connectivity index (χ3n) is 11.5. The molecule has 0 saturated heterocycles. The van der Waals surface area contributed by atoms with Crippen molar-refractivity contribution in [2.24, 2.45) is 4.99 Å². The summed E-state index contributed by atoms with van der Waals surface area (Å²) in [6.07, 6.45) is 5.09. The molecule has 0 amide bonds. The van der Waals surface area contributed by atoms with Gasteiger partial charge in [0.1, 0.15) is 0 Å². The van der Waals surface area contributed by atoms with Crippen molar-refractivity contribution >= 4 is 50.1 Å². The minimum absolute atomic E-state index is 0.738. The van der Waals surface area contributed by atoms with Crippen LogP contribution in [0, 0.1) is 55.4 Å². The molecule has 5 heterocycles. The molecule has 286 valence electrons. The molecule has 2 aliphatic rings. The molecule has 7 aromatic rings. The zero-order valence-electron chi connectivity index (χ0n) is 34.4. The van der Waals surface area contributed by atoms with E-state index in [4.69, 9.17) is 9.98 Å². The number of rotatable bonds is 4. The van der Waals surface area contributed by atoms with Crippen LogP contribution in [0.4, 0.5) is 0 Å². The van der Waals surface area contributed by atoms with Crippen molar-refractivity contribution in [2.75, 3.05) is 0 Å². The van der Waals surface area contributed by atoms with Crippen LogP contribution in [0.2, 0.25) is 0 Å². The summed E-state index contributed by atoms with van der Waals surface area (Å²) in [6.45, 7) is 17.2. The summed E-state index contributed by atoms with van der Waals surface area (Å²) >= 11 is 1.79. The molecule has 1 unspecified atom stereocenters. The van der Waals surface area contributed by atoms with Crippen molar-refractivity contribution in [3.05, 3.63) is 170 Å². The standard InChI is InChI=1S/C53H47N3OS/c1-29-9-13-37(14-10-29)49-41-17-19-43(55-41)51(47-33(5)23-31(3)24-34(47)6)39-27-40(53(57)54-28-39)52(48-35(7)25-32(4)26-36(48)8)44-20-18-42(56-44)50(46-22-21-45(49)58-46)38-15-11-30(2)12-16-38/h9-28,53,56-57H,1-8H3. The first-order chi connectivity index (χ1) is 27.9. The molecule has 8 bridgehead atoms. The third-order valence-corrected chi connectivity index (χ3v) is 12.7. The van der Waals surface area contributed by atoms with Gasteiger partial charge in [-0.3, -0.25) is 4.99 Å². The second kappa shape index (κ2) is 14.7. The lowest BCUT2D eigenvalue weighted by molar-refractivity contribution is 0.189. The zero-order valence-corrected chi connectivity index (χ0v) is 35.2. The van der Waals surface area contributed by atoms with Crippen LogP contribution in [-0.4, -0.2) is 21.3 Å². The summed E-state index contributed by atoms with van der Waals surface area (Å²) < 4.78 is 2.29. The highest BCUT2D eigenvalue weighted by Crippen LogP contribution is 2.43. The number of benzene rings is 4. The van der Waals surface area contributed by atoms with Crippen LogP contribution in [0.15, 0.2) is 108 Å². The van der Waals surface area contributed by atoms with Crippen molar-refractivity contribution in [3.63, 3.8) is 0 Å². The number of nitrogens with one attached hydrogen (secondary N) is 1. The Balaban J connectivity index is 1.54. The average Bonchev–Trinajstić information content (AvgIpc) is 3.97. The minimum Gasteiger partial charge on any atom is -0.368 e. The molecule has 1 atom stereocenters. The van der Waals surface area contributed by atoms with Crippen molar-refractivity contribution in [2.45, 2.75) is 61.6 Å². The number of aromatic amines is 1. The van der Waals surface area contributed by atoms with Crippen LogP contribution >= 0.6 is 11.3 Å². The quantitative estimate of drug-likeness (QED) is 0.187. The molecular weight excluding hydrogens is 727 g/mol. The molecule has 0 spiro atoms. The fraction of sp³-hybridized carbons (Fsp3) is 0.170. The van der Waals surface area contributed by atoms with Crippen LogP contribution < -0.4 is 0 Å². The van der Waals surface area contributed by atoms with E-state index < -0.39 is 6.23 Å². The van der Waals surface area contributed by atoms with Crippen LogP contribution in [0.1, 0.15) is 73.3 Å². The summed E-state index contributed by atoms with van der Waals surface area (Å²) in [6, 6.07) is 37.5. The van der Waals surface area contributed by atoms with Gasteiger partial charge in [0.05, 0.1) is 11.4 Å². The maximum absolute atomic E-state index is 12.0. The first-order valence-electron chi connectivity index (χ1n) is 20.0. The third kappa shape index (κ3) is 6.64. The van der Waals surface area contributed by atoms with Crippen LogP contribution in [0.3, 0.4) is 0 Å². The molecule has 3 aromatic heterocycles. The van der Waals surface area contributed by atoms with Gasteiger partial charge < -0.3 is 10.1 Å². The van der Waals surface area contributed by atoms with Crippen LogP contribution in [0.5, 0.6) is 0 Å². The molecule has 9 rings (SSSR count). The van der Waals surface area contributed by atoms with E-state index >= 15 is 0 Å². The zero-order chi connectivity index (χ0) is 40.4. The van der Waals surface area contributed by atoms with E-state index in [2.05, 4.69) is 176 Å². The summed E-state index contributed by atoms with van der Waals surface area (Å²) in [5, 5.41) is 12.0. The summed E-state index contributed by atoms with van der Waals surface area (Å²) in [5.41, 5.74) is 23.4. The highest BCUT2D eigenvalue weighted by atomic mass is 32.1. The van der Waals surface area contributed by atoms with E-state index in [1.165, 1.54) is 33.4 Å². The first kappa shape index (κ1) is 37.4. The number of nitrogens with zero attached hydrogens (tertiary/aromatic N) is 2. The van der Waals surface area contributed by atoms with Crippen molar-refractivity contribution < 1.29 is 5.11 Å². The molecular formula is C53H47N3OS. The molecule has 58 heavy (non-hydrogen) atoms. The Bertz CT molecular complexity index is 2980. The average molecular weight is 774 g/mol. The van der Waals surface area contributed by atoms with E-state index in [1.807, 2.05) is 6.21 Å². The number of fused-ring (bicyclic) bond motifs is 8. The smallest absolute Gasteiger partial charge is 0.171 e. The van der Waals surface area contributed by atoms with Gasteiger partial charge in [-0.15, -0.1) is 11.3 Å². The predicted molar refractivity (Wildman–Crippen MR) is 248 cm³/mol. The predicted octanol–water partition coefficient (Wildman–Crippen LogP) is 14.1.